The molecule has 138 valence electrons. The number of fused-ring (bicyclic) bond motifs is 1. The maximum Gasteiger partial charge on any atom is 0.255 e. The van der Waals surface area contributed by atoms with Gasteiger partial charge in [0.05, 0.1) is 29.2 Å². The second-order valence-electron chi connectivity index (χ2n) is 6.50. The molecule has 1 amide bonds. The number of aromatic nitrogens is 2. The van der Waals surface area contributed by atoms with Crippen LogP contribution in [0, 0.1) is 13.8 Å². The van der Waals surface area contributed by atoms with E-state index in [0.29, 0.717) is 30.2 Å². The first kappa shape index (κ1) is 17.1. The van der Waals surface area contributed by atoms with Crippen LogP contribution in [0.5, 0.6) is 11.5 Å². The summed E-state index contributed by atoms with van der Waals surface area (Å²) in [5.41, 5.74) is 3.02. The van der Waals surface area contributed by atoms with Gasteiger partial charge < -0.3 is 14.8 Å². The number of para-hydroxylation sites is 3. The van der Waals surface area contributed by atoms with Crippen LogP contribution in [-0.4, -0.2) is 34.9 Å². The highest BCUT2D eigenvalue weighted by molar-refractivity contribution is 5.96. The highest BCUT2D eigenvalue weighted by Gasteiger charge is 2.23. The molecular formula is C21H21N3O3. The highest BCUT2D eigenvalue weighted by atomic mass is 16.6. The number of hydrogen-bond acceptors (Lipinski definition) is 4. The third-order valence-electron chi connectivity index (χ3n) is 4.58. The van der Waals surface area contributed by atoms with Gasteiger partial charge in [-0.25, -0.2) is 4.68 Å². The molecule has 3 aromatic rings. The van der Waals surface area contributed by atoms with E-state index >= 15 is 0 Å². The van der Waals surface area contributed by atoms with E-state index in [2.05, 4.69) is 10.4 Å². The Labute approximate surface area is 157 Å². The van der Waals surface area contributed by atoms with Gasteiger partial charge in [0.25, 0.3) is 5.91 Å². The van der Waals surface area contributed by atoms with E-state index in [1.54, 1.807) is 4.68 Å². The largest absolute Gasteiger partial charge is 0.486 e. The second-order valence-corrected chi connectivity index (χ2v) is 6.50. The fourth-order valence-corrected chi connectivity index (χ4v) is 3.25. The molecule has 0 unspecified atom stereocenters. The number of nitrogens with one attached hydrogen (secondary N) is 1. The minimum absolute atomic E-state index is 0.158. The Balaban J connectivity index is 1.46. The van der Waals surface area contributed by atoms with Crippen molar-refractivity contribution in [2.45, 2.75) is 20.0 Å². The summed E-state index contributed by atoms with van der Waals surface area (Å²) in [4.78, 5) is 12.8. The van der Waals surface area contributed by atoms with E-state index in [-0.39, 0.29) is 12.0 Å². The van der Waals surface area contributed by atoms with Gasteiger partial charge in [-0.2, -0.15) is 5.10 Å². The van der Waals surface area contributed by atoms with Gasteiger partial charge in [-0.1, -0.05) is 30.3 Å². The summed E-state index contributed by atoms with van der Waals surface area (Å²) in [6, 6.07) is 17.3. The molecule has 2 aromatic carbocycles. The first-order valence-corrected chi connectivity index (χ1v) is 8.92. The Hall–Kier alpha value is -3.28. The molecule has 2 heterocycles. The maximum absolute atomic E-state index is 12.8. The number of carbonyl (C=O) groups excluding carboxylic acids is 1. The SMILES string of the molecule is Cc1nn(-c2ccccc2)c(C)c1C(=O)NC[C@H]1COc2ccccc2O1. The number of aryl methyl sites for hydroxylation is 1. The molecule has 0 fully saturated rings. The first-order chi connectivity index (χ1) is 13.1. The van der Waals surface area contributed by atoms with Gasteiger partial charge in [0.2, 0.25) is 0 Å². The van der Waals surface area contributed by atoms with Crippen LogP contribution in [-0.2, 0) is 0 Å². The normalized spacial score (nSPS) is 15.4. The Morgan fingerprint density at radius 1 is 1.11 bits per heavy atom. The first-order valence-electron chi connectivity index (χ1n) is 8.92. The van der Waals surface area contributed by atoms with E-state index in [0.717, 1.165) is 17.1 Å². The number of amides is 1. The third kappa shape index (κ3) is 3.38. The topological polar surface area (TPSA) is 65.4 Å². The van der Waals surface area contributed by atoms with Crippen LogP contribution in [0.2, 0.25) is 0 Å². The molecule has 27 heavy (non-hydrogen) atoms. The van der Waals surface area contributed by atoms with Gasteiger partial charge >= 0.3 is 0 Å². The summed E-state index contributed by atoms with van der Waals surface area (Å²) in [5, 5.41) is 7.47. The Kier molecular flexibility index (Phi) is 4.54. The molecule has 1 atom stereocenters. The molecule has 1 N–H and O–H groups in total. The summed E-state index contributed by atoms with van der Waals surface area (Å²) in [6.45, 7) is 4.51. The van der Waals surface area contributed by atoms with Crippen molar-refractivity contribution < 1.29 is 14.3 Å². The zero-order valence-corrected chi connectivity index (χ0v) is 15.3. The molecule has 0 bridgehead atoms. The Bertz CT molecular complexity index is 966. The highest BCUT2D eigenvalue weighted by Crippen LogP contribution is 2.30. The van der Waals surface area contributed by atoms with Crippen LogP contribution >= 0.6 is 0 Å². The van der Waals surface area contributed by atoms with Crippen molar-refractivity contribution in [1.82, 2.24) is 15.1 Å². The monoisotopic (exact) mass is 363 g/mol. The van der Waals surface area contributed by atoms with Gasteiger partial charge in [-0.3, -0.25) is 4.79 Å². The van der Waals surface area contributed by atoms with Crippen LogP contribution in [0.1, 0.15) is 21.7 Å². The molecule has 4 rings (SSSR count). The summed E-state index contributed by atoms with van der Waals surface area (Å²) in [7, 11) is 0. The van der Waals surface area contributed by atoms with Crippen LogP contribution in [0.25, 0.3) is 5.69 Å². The number of hydrogen-bond donors (Lipinski definition) is 1. The van der Waals surface area contributed by atoms with E-state index in [4.69, 9.17) is 9.47 Å². The van der Waals surface area contributed by atoms with Gasteiger partial charge in [-0.15, -0.1) is 0 Å². The molecule has 0 aliphatic carbocycles. The number of carbonyl (C=O) groups is 1. The van der Waals surface area contributed by atoms with Gasteiger partial charge in [0.15, 0.2) is 11.5 Å². The average molecular weight is 363 g/mol. The van der Waals surface area contributed by atoms with Gasteiger partial charge in [-0.05, 0) is 38.1 Å². The van der Waals surface area contributed by atoms with E-state index < -0.39 is 0 Å². The second kappa shape index (κ2) is 7.15. The van der Waals surface area contributed by atoms with Crippen LogP contribution in [0.3, 0.4) is 0 Å². The lowest BCUT2D eigenvalue weighted by atomic mass is 10.1. The zero-order chi connectivity index (χ0) is 18.8. The predicted octanol–water partition coefficient (Wildman–Crippen LogP) is 3.06. The fourth-order valence-electron chi connectivity index (χ4n) is 3.25. The molecule has 6 nitrogen and oxygen atoms in total. The van der Waals surface area contributed by atoms with Crippen LogP contribution in [0.4, 0.5) is 0 Å². The Morgan fingerprint density at radius 3 is 2.59 bits per heavy atom. The fraction of sp³-hybridized carbons (Fsp3) is 0.238. The van der Waals surface area contributed by atoms with Crippen molar-refractivity contribution in [2.75, 3.05) is 13.2 Å². The lowest BCUT2D eigenvalue weighted by Crippen LogP contribution is -2.41. The lowest BCUT2D eigenvalue weighted by molar-refractivity contribution is 0.0788. The van der Waals surface area contributed by atoms with Crippen molar-refractivity contribution in [1.29, 1.82) is 0 Å². The van der Waals surface area contributed by atoms with E-state index in [1.807, 2.05) is 68.4 Å². The summed E-state index contributed by atoms with van der Waals surface area (Å²) in [5.74, 6) is 1.28. The molecule has 1 aliphatic heterocycles. The zero-order valence-electron chi connectivity index (χ0n) is 15.3. The van der Waals surface area contributed by atoms with Crippen molar-refractivity contribution >= 4 is 5.91 Å². The van der Waals surface area contributed by atoms with Crippen LogP contribution in [0.15, 0.2) is 54.6 Å². The maximum atomic E-state index is 12.8. The van der Waals surface area contributed by atoms with Crippen molar-refractivity contribution in [2.24, 2.45) is 0 Å². The standard InChI is InChI=1S/C21H21N3O3/c1-14-20(15(2)24(23-14)16-8-4-3-5-9-16)21(25)22-12-17-13-26-18-10-6-7-11-19(18)27-17/h3-11,17H,12-13H2,1-2H3,(H,22,25)/t17-/m0/s1. The molecule has 0 spiro atoms. The van der Waals surface area contributed by atoms with E-state index in [9.17, 15) is 4.79 Å². The minimum atomic E-state index is -0.228. The van der Waals surface area contributed by atoms with Gasteiger partial charge in [0.1, 0.15) is 12.7 Å². The molecular weight excluding hydrogens is 342 g/mol. The molecule has 0 saturated carbocycles. The number of ether oxygens (including phenoxy) is 2. The molecule has 0 saturated heterocycles. The number of benzene rings is 2. The van der Waals surface area contributed by atoms with E-state index in [1.165, 1.54) is 0 Å². The smallest absolute Gasteiger partial charge is 0.255 e. The average Bonchev–Trinajstić information content (AvgIpc) is 3.01. The molecule has 0 radical (unpaired) electrons. The molecule has 1 aliphatic rings. The minimum Gasteiger partial charge on any atom is -0.486 e. The summed E-state index contributed by atoms with van der Waals surface area (Å²) in [6.07, 6.45) is -0.228. The molecule has 6 heteroatoms. The van der Waals surface area contributed by atoms with Crippen molar-refractivity contribution in [3.8, 4) is 17.2 Å². The summed E-state index contributed by atoms with van der Waals surface area (Å²) < 4.78 is 13.4. The van der Waals surface area contributed by atoms with Crippen LogP contribution < -0.4 is 14.8 Å². The third-order valence-corrected chi connectivity index (χ3v) is 4.58. The quantitative estimate of drug-likeness (QED) is 0.774. The van der Waals surface area contributed by atoms with Crippen molar-refractivity contribution in [3.05, 3.63) is 71.5 Å². The number of rotatable bonds is 4. The Morgan fingerprint density at radius 2 is 1.81 bits per heavy atom. The van der Waals surface area contributed by atoms with Crippen molar-refractivity contribution in [3.63, 3.8) is 0 Å². The summed E-state index contributed by atoms with van der Waals surface area (Å²) >= 11 is 0. The van der Waals surface area contributed by atoms with Gasteiger partial charge in [0, 0.05) is 0 Å². The predicted molar refractivity (Wildman–Crippen MR) is 102 cm³/mol. The lowest BCUT2D eigenvalue weighted by Gasteiger charge is -2.26. The molecule has 1 aromatic heterocycles. The number of nitrogens with zero attached hydrogens (tertiary/aromatic N) is 2.